The summed E-state index contributed by atoms with van der Waals surface area (Å²) in [6.07, 6.45) is 1.59. The molecule has 0 unspecified atom stereocenters. The highest BCUT2D eigenvalue weighted by molar-refractivity contribution is 6.11. The van der Waals surface area contributed by atoms with Crippen molar-refractivity contribution in [3.05, 3.63) is 77.2 Å². The van der Waals surface area contributed by atoms with Crippen molar-refractivity contribution in [3.63, 3.8) is 0 Å². The molecule has 0 atom stereocenters. The van der Waals surface area contributed by atoms with Crippen LogP contribution >= 0.6 is 0 Å². The van der Waals surface area contributed by atoms with Gasteiger partial charge in [0, 0.05) is 34.6 Å². The van der Waals surface area contributed by atoms with Gasteiger partial charge in [0.15, 0.2) is 0 Å². The molecule has 1 aliphatic heterocycles. The summed E-state index contributed by atoms with van der Waals surface area (Å²) in [5.74, 6) is -0.108. The number of ether oxygens (including phenoxy) is 1. The number of pyridine rings is 1. The lowest BCUT2D eigenvalue weighted by molar-refractivity contribution is 0.0786. The van der Waals surface area contributed by atoms with Crippen LogP contribution in [-0.2, 0) is 12.1 Å². The molecule has 0 radical (unpaired) electrons. The lowest BCUT2D eigenvalue weighted by atomic mass is 9.98. The molecule has 1 N–H and O–H groups in total. The molecule has 0 fully saturated rings. The topological polar surface area (TPSA) is 62.7 Å². The van der Waals surface area contributed by atoms with E-state index in [1.165, 1.54) is 12.1 Å². The average molecular weight is 406 g/mol. The highest BCUT2D eigenvalue weighted by Gasteiger charge is 2.32. The van der Waals surface area contributed by atoms with Crippen LogP contribution in [0.2, 0.25) is 0 Å². The van der Waals surface area contributed by atoms with E-state index >= 15 is 0 Å². The summed E-state index contributed by atoms with van der Waals surface area (Å²) in [5, 5.41) is 10.2. The highest BCUT2D eigenvalue weighted by atomic mass is 19.1. The molecular weight excluding hydrogens is 383 g/mol. The van der Waals surface area contributed by atoms with E-state index in [1.54, 1.807) is 37.1 Å². The number of amides is 1. The van der Waals surface area contributed by atoms with Gasteiger partial charge < -0.3 is 14.7 Å². The maximum absolute atomic E-state index is 13.7. The molecule has 30 heavy (non-hydrogen) atoms. The van der Waals surface area contributed by atoms with Gasteiger partial charge in [-0.3, -0.25) is 9.78 Å². The minimum Gasteiger partial charge on any atom is -0.493 e. The number of benzene rings is 2. The molecule has 0 spiro atoms. The monoisotopic (exact) mass is 406 g/mol. The zero-order valence-corrected chi connectivity index (χ0v) is 17.1. The van der Waals surface area contributed by atoms with Gasteiger partial charge in [-0.15, -0.1) is 0 Å². The second-order valence-corrected chi connectivity index (χ2v) is 7.76. The summed E-state index contributed by atoms with van der Waals surface area (Å²) in [4.78, 5) is 19.2. The first-order valence-corrected chi connectivity index (χ1v) is 9.85. The summed E-state index contributed by atoms with van der Waals surface area (Å²) >= 11 is 0. The third-order valence-corrected chi connectivity index (χ3v) is 5.23. The first kappa shape index (κ1) is 20.0. The van der Waals surface area contributed by atoms with Gasteiger partial charge in [-0.25, -0.2) is 4.39 Å². The molecule has 4 rings (SSSR count). The van der Waals surface area contributed by atoms with Gasteiger partial charge in [0.25, 0.3) is 5.91 Å². The number of anilines is 1. The van der Waals surface area contributed by atoms with Crippen molar-refractivity contribution in [2.45, 2.75) is 32.9 Å². The fraction of sp³-hybridized carbons (Fsp3) is 0.250. The summed E-state index contributed by atoms with van der Waals surface area (Å²) in [6.45, 7) is 6.01. The predicted octanol–water partition coefficient (Wildman–Crippen LogP) is 4.67. The molecule has 0 aliphatic carbocycles. The smallest absolute Gasteiger partial charge is 0.259 e. The molecule has 3 aromatic rings. The number of carbonyl (C=O) groups excluding carboxylic acids is 1. The van der Waals surface area contributed by atoms with Crippen LogP contribution in [0, 0.1) is 5.82 Å². The number of fused-ring (bicyclic) bond motifs is 1. The fourth-order valence-electron chi connectivity index (χ4n) is 3.68. The molecule has 0 bridgehead atoms. The number of hydrogen-bond donors (Lipinski definition) is 1. The number of nitrogens with zero attached hydrogens (tertiary/aromatic N) is 2. The maximum Gasteiger partial charge on any atom is 0.259 e. The number of carbonyl (C=O) groups is 1. The van der Waals surface area contributed by atoms with E-state index in [1.807, 2.05) is 31.2 Å². The highest BCUT2D eigenvalue weighted by Crippen LogP contribution is 2.38. The van der Waals surface area contributed by atoms with Crippen LogP contribution in [-0.4, -0.2) is 22.6 Å². The summed E-state index contributed by atoms with van der Waals surface area (Å²) in [5.41, 5.74) is 3.16. The molecule has 0 saturated carbocycles. The van der Waals surface area contributed by atoms with E-state index < -0.39 is 5.60 Å². The minimum absolute atomic E-state index is 0.121. The zero-order chi connectivity index (χ0) is 21.5. The van der Waals surface area contributed by atoms with E-state index in [0.29, 0.717) is 35.7 Å². The average Bonchev–Trinajstić information content (AvgIpc) is 3.05. The second kappa shape index (κ2) is 7.54. The van der Waals surface area contributed by atoms with Gasteiger partial charge in [0.1, 0.15) is 11.6 Å². The van der Waals surface area contributed by atoms with Crippen LogP contribution in [0.15, 0.2) is 54.7 Å². The van der Waals surface area contributed by atoms with Crippen LogP contribution in [0.5, 0.6) is 5.75 Å². The molecule has 1 aliphatic rings. The van der Waals surface area contributed by atoms with Crippen LogP contribution in [0.3, 0.4) is 0 Å². The van der Waals surface area contributed by atoms with Gasteiger partial charge in [-0.05, 0) is 56.7 Å². The van der Waals surface area contributed by atoms with Gasteiger partial charge in [-0.1, -0.05) is 12.1 Å². The van der Waals surface area contributed by atoms with Crippen LogP contribution in [0.4, 0.5) is 10.1 Å². The number of aromatic nitrogens is 1. The maximum atomic E-state index is 13.7. The van der Waals surface area contributed by atoms with E-state index in [9.17, 15) is 14.3 Å². The Labute approximate surface area is 174 Å². The molecule has 2 heterocycles. The van der Waals surface area contributed by atoms with Crippen LogP contribution in [0.1, 0.15) is 42.3 Å². The van der Waals surface area contributed by atoms with Gasteiger partial charge in [0.05, 0.1) is 24.4 Å². The largest absolute Gasteiger partial charge is 0.493 e. The van der Waals surface area contributed by atoms with E-state index in [2.05, 4.69) is 4.98 Å². The van der Waals surface area contributed by atoms with E-state index in [-0.39, 0.29) is 11.7 Å². The molecule has 154 valence electrons. The molecule has 2 aromatic carbocycles. The molecule has 0 saturated heterocycles. The molecular formula is C24H23FN2O3. The second-order valence-electron chi connectivity index (χ2n) is 7.76. The predicted molar refractivity (Wildman–Crippen MR) is 113 cm³/mol. The fourth-order valence-corrected chi connectivity index (χ4v) is 3.68. The molecule has 1 aromatic heterocycles. The number of hydrogen-bond acceptors (Lipinski definition) is 4. The number of aliphatic hydroxyl groups is 1. The lowest BCUT2D eigenvalue weighted by Gasteiger charge is -2.20. The number of rotatable bonds is 5. The van der Waals surface area contributed by atoms with Gasteiger partial charge in [-0.2, -0.15) is 0 Å². The Morgan fingerprint density at radius 2 is 1.87 bits per heavy atom. The van der Waals surface area contributed by atoms with Crippen molar-refractivity contribution in [2.24, 2.45) is 0 Å². The van der Waals surface area contributed by atoms with Gasteiger partial charge in [0.2, 0.25) is 0 Å². The third kappa shape index (κ3) is 3.55. The summed E-state index contributed by atoms with van der Waals surface area (Å²) < 4.78 is 19.4. The molecule has 5 nitrogen and oxygen atoms in total. The Hall–Kier alpha value is -3.25. The van der Waals surface area contributed by atoms with Crippen molar-refractivity contribution in [1.82, 2.24) is 4.98 Å². The van der Waals surface area contributed by atoms with E-state index in [0.717, 1.165) is 16.8 Å². The van der Waals surface area contributed by atoms with Crippen molar-refractivity contribution in [1.29, 1.82) is 0 Å². The Kier molecular flexibility index (Phi) is 5.03. The van der Waals surface area contributed by atoms with Crippen molar-refractivity contribution < 1.29 is 19.0 Å². The Morgan fingerprint density at radius 1 is 1.13 bits per heavy atom. The lowest BCUT2D eigenvalue weighted by Crippen LogP contribution is -2.23. The van der Waals surface area contributed by atoms with Crippen molar-refractivity contribution >= 4 is 11.6 Å². The molecule has 1 amide bonds. The van der Waals surface area contributed by atoms with Crippen molar-refractivity contribution in [3.8, 4) is 17.0 Å². The number of halogens is 1. The summed E-state index contributed by atoms with van der Waals surface area (Å²) in [7, 11) is 0. The van der Waals surface area contributed by atoms with Crippen molar-refractivity contribution in [2.75, 3.05) is 11.5 Å². The normalized spacial score (nSPS) is 13.5. The third-order valence-electron chi connectivity index (χ3n) is 5.23. The Morgan fingerprint density at radius 3 is 2.53 bits per heavy atom. The van der Waals surface area contributed by atoms with E-state index in [4.69, 9.17) is 4.74 Å². The SMILES string of the molecule is CCOc1cc(F)ccc1-c1nccc2c1CN(c1ccc(C(C)(C)O)cc1)C2=O. The standard InChI is InChI=1S/C24H23FN2O3/c1-4-30-21-13-16(25)7-10-19(21)22-20-14-27(23(28)18(20)11-12-26-22)17-8-5-15(6-9-17)24(2,3)29/h5-13,29H,4,14H2,1-3H3. The minimum atomic E-state index is -0.953. The first-order valence-electron chi connectivity index (χ1n) is 9.85. The van der Waals surface area contributed by atoms with Crippen LogP contribution in [0.25, 0.3) is 11.3 Å². The Balaban J connectivity index is 1.73. The summed E-state index contributed by atoms with van der Waals surface area (Å²) in [6, 6.07) is 13.3. The van der Waals surface area contributed by atoms with Gasteiger partial charge >= 0.3 is 0 Å². The quantitative estimate of drug-likeness (QED) is 0.669. The Bertz CT molecular complexity index is 1100. The molecule has 6 heteroatoms. The first-order chi connectivity index (χ1) is 14.3. The van der Waals surface area contributed by atoms with Crippen LogP contribution < -0.4 is 9.64 Å². The zero-order valence-electron chi connectivity index (χ0n) is 17.1.